The minimum atomic E-state index is -0.902. The second kappa shape index (κ2) is 6.31. The molecule has 2 amide bonds. The van der Waals surface area contributed by atoms with Crippen molar-refractivity contribution in [2.45, 2.75) is 44.4 Å². The molecule has 1 heterocycles. The van der Waals surface area contributed by atoms with Crippen molar-refractivity contribution in [1.29, 1.82) is 0 Å². The van der Waals surface area contributed by atoms with Crippen LogP contribution in [0.1, 0.15) is 33.6 Å². The lowest BCUT2D eigenvalue weighted by Gasteiger charge is -2.35. The van der Waals surface area contributed by atoms with Gasteiger partial charge in [0.25, 0.3) is 0 Å². The highest BCUT2D eigenvalue weighted by molar-refractivity contribution is 8.00. The molecule has 1 fully saturated rings. The number of nitrogens with one attached hydrogen (secondary N) is 1. The molecular weight excluding hydrogens is 252 g/mol. The first-order valence-corrected chi connectivity index (χ1v) is 7.29. The van der Waals surface area contributed by atoms with Gasteiger partial charge in [0.05, 0.1) is 6.42 Å². The Morgan fingerprint density at radius 2 is 2.17 bits per heavy atom. The number of carboxylic acids is 1. The van der Waals surface area contributed by atoms with Gasteiger partial charge in [-0.2, -0.15) is 11.8 Å². The molecule has 0 spiro atoms. The monoisotopic (exact) mass is 274 g/mol. The summed E-state index contributed by atoms with van der Waals surface area (Å²) in [4.78, 5) is 24.6. The molecule has 6 heteroatoms. The third-order valence-electron chi connectivity index (χ3n) is 2.92. The van der Waals surface area contributed by atoms with Crippen molar-refractivity contribution in [3.63, 3.8) is 0 Å². The van der Waals surface area contributed by atoms with Crippen LogP contribution in [-0.2, 0) is 4.79 Å². The van der Waals surface area contributed by atoms with Gasteiger partial charge in [0, 0.05) is 29.6 Å². The largest absolute Gasteiger partial charge is 0.481 e. The molecule has 1 rings (SSSR count). The standard InChI is InChI=1S/C12H22N2O3S/c1-4-9-8-14(5-6-18-9)11(17)13-12(2,3)7-10(15)16/h9H,4-8H2,1-3H3,(H,13,17)(H,15,16). The Hall–Kier alpha value is -0.910. The molecule has 104 valence electrons. The van der Waals surface area contributed by atoms with E-state index >= 15 is 0 Å². The smallest absolute Gasteiger partial charge is 0.317 e. The van der Waals surface area contributed by atoms with Gasteiger partial charge in [0.15, 0.2) is 0 Å². The van der Waals surface area contributed by atoms with Crippen LogP contribution in [0, 0.1) is 0 Å². The van der Waals surface area contributed by atoms with Crippen molar-refractivity contribution in [2.24, 2.45) is 0 Å². The number of hydrogen-bond donors (Lipinski definition) is 2. The zero-order valence-electron chi connectivity index (χ0n) is 11.2. The van der Waals surface area contributed by atoms with Crippen LogP contribution in [0.15, 0.2) is 0 Å². The number of rotatable bonds is 4. The molecule has 0 aromatic carbocycles. The van der Waals surface area contributed by atoms with E-state index in [4.69, 9.17) is 5.11 Å². The average molecular weight is 274 g/mol. The third-order valence-corrected chi connectivity index (χ3v) is 4.29. The lowest BCUT2D eigenvalue weighted by Crippen LogP contribution is -2.53. The maximum Gasteiger partial charge on any atom is 0.317 e. The van der Waals surface area contributed by atoms with E-state index in [1.807, 2.05) is 11.8 Å². The number of amides is 2. The Morgan fingerprint density at radius 1 is 1.50 bits per heavy atom. The van der Waals surface area contributed by atoms with E-state index in [0.717, 1.165) is 25.3 Å². The fourth-order valence-corrected chi connectivity index (χ4v) is 3.12. The highest BCUT2D eigenvalue weighted by Gasteiger charge is 2.28. The number of carboxylic acid groups (broad SMARTS) is 1. The van der Waals surface area contributed by atoms with E-state index in [1.165, 1.54) is 0 Å². The molecule has 0 aliphatic carbocycles. The number of carbonyl (C=O) groups excluding carboxylic acids is 1. The van der Waals surface area contributed by atoms with Crippen molar-refractivity contribution in [2.75, 3.05) is 18.8 Å². The first-order chi connectivity index (χ1) is 8.34. The molecule has 5 nitrogen and oxygen atoms in total. The van der Waals surface area contributed by atoms with Crippen molar-refractivity contribution in [3.8, 4) is 0 Å². The van der Waals surface area contributed by atoms with Gasteiger partial charge in [-0.05, 0) is 20.3 Å². The van der Waals surface area contributed by atoms with Crippen LogP contribution in [0.2, 0.25) is 0 Å². The van der Waals surface area contributed by atoms with Gasteiger partial charge in [-0.3, -0.25) is 4.79 Å². The molecule has 18 heavy (non-hydrogen) atoms. The Bertz CT molecular complexity index is 320. The van der Waals surface area contributed by atoms with E-state index in [9.17, 15) is 9.59 Å². The highest BCUT2D eigenvalue weighted by atomic mass is 32.2. The molecule has 0 aromatic heterocycles. The van der Waals surface area contributed by atoms with E-state index in [1.54, 1.807) is 18.7 Å². The fraction of sp³-hybridized carbons (Fsp3) is 0.833. The van der Waals surface area contributed by atoms with Crippen LogP contribution in [0.5, 0.6) is 0 Å². The van der Waals surface area contributed by atoms with Crippen LogP contribution in [0.25, 0.3) is 0 Å². The normalized spacial score (nSPS) is 20.6. The minimum absolute atomic E-state index is 0.0709. The molecule has 1 unspecified atom stereocenters. The first-order valence-electron chi connectivity index (χ1n) is 6.24. The van der Waals surface area contributed by atoms with Gasteiger partial charge in [-0.15, -0.1) is 0 Å². The fourth-order valence-electron chi connectivity index (χ4n) is 1.94. The molecular formula is C12H22N2O3S. The summed E-state index contributed by atoms with van der Waals surface area (Å²) in [7, 11) is 0. The van der Waals surface area contributed by atoms with E-state index < -0.39 is 11.5 Å². The molecule has 1 aliphatic heterocycles. The summed E-state index contributed by atoms with van der Waals surface area (Å²) >= 11 is 1.90. The van der Waals surface area contributed by atoms with Crippen LogP contribution < -0.4 is 5.32 Å². The van der Waals surface area contributed by atoms with Crippen LogP contribution >= 0.6 is 11.8 Å². The van der Waals surface area contributed by atoms with Crippen LogP contribution in [0.3, 0.4) is 0 Å². The lowest BCUT2D eigenvalue weighted by molar-refractivity contribution is -0.138. The van der Waals surface area contributed by atoms with Gasteiger partial charge in [-0.25, -0.2) is 4.79 Å². The Labute approximate surface area is 112 Å². The predicted molar refractivity (Wildman–Crippen MR) is 73.0 cm³/mol. The van der Waals surface area contributed by atoms with Crippen molar-refractivity contribution in [1.82, 2.24) is 10.2 Å². The average Bonchev–Trinajstić information content (AvgIpc) is 2.26. The molecule has 1 aliphatic rings. The minimum Gasteiger partial charge on any atom is -0.481 e. The molecule has 1 atom stereocenters. The number of aliphatic carboxylic acids is 1. The number of nitrogens with zero attached hydrogens (tertiary/aromatic N) is 1. The van der Waals surface area contributed by atoms with Crippen LogP contribution in [-0.4, -0.2) is 51.6 Å². The summed E-state index contributed by atoms with van der Waals surface area (Å²) in [5, 5.41) is 12.1. The van der Waals surface area contributed by atoms with E-state index in [2.05, 4.69) is 12.2 Å². The van der Waals surface area contributed by atoms with E-state index in [0.29, 0.717) is 5.25 Å². The molecule has 0 saturated carbocycles. The summed E-state index contributed by atoms with van der Waals surface area (Å²) in [6, 6.07) is -0.153. The second-order valence-corrected chi connectivity index (χ2v) is 6.64. The molecule has 0 radical (unpaired) electrons. The van der Waals surface area contributed by atoms with Crippen molar-refractivity contribution >= 4 is 23.8 Å². The van der Waals surface area contributed by atoms with Crippen molar-refractivity contribution < 1.29 is 14.7 Å². The number of urea groups is 1. The Kier molecular flexibility index (Phi) is 5.31. The number of hydrogen-bond acceptors (Lipinski definition) is 3. The van der Waals surface area contributed by atoms with Gasteiger partial charge in [0.1, 0.15) is 0 Å². The molecule has 1 saturated heterocycles. The Balaban J connectivity index is 2.51. The second-order valence-electron chi connectivity index (χ2n) is 5.23. The van der Waals surface area contributed by atoms with Crippen molar-refractivity contribution in [3.05, 3.63) is 0 Å². The van der Waals surface area contributed by atoms with Gasteiger partial charge in [-0.1, -0.05) is 6.92 Å². The topological polar surface area (TPSA) is 69.6 Å². The molecule has 2 N–H and O–H groups in total. The molecule has 0 bridgehead atoms. The SMILES string of the molecule is CCC1CN(C(=O)NC(C)(C)CC(=O)O)CCS1. The zero-order valence-corrected chi connectivity index (χ0v) is 12.0. The van der Waals surface area contributed by atoms with Gasteiger partial charge >= 0.3 is 12.0 Å². The number of thioether (sulfide) groups is 1. The summed E-state index contributed by atoms with van der Waals surface area (Å²) in [5.74, 6) is 0.0478. The van der Waals surface area contributed by atoms with Gasteiger partial charge in [0.2, 0.25) is 0 Å². The quantitative estimate of drug-likeness (QED) is 0.820. The summed E-state index contributed by atoms with van der Waals surface area (Å²) in [6.45, 7) is 7.06. The maximum absolute atomic E-state index is 12.1. The van der Waals surface area contributed by atoms with E-state index in [-0.39, 0.29) is 12.5 Å². The highest BCUT2D eigenvalue weighted by Crippen LogP contribution is 2.21. The number of carbonyl (C=O) groups is 2. The summed E-state index contributed by atoms with van der Waals surface area (Å²) < 4.78 is 0. The van der Waals surface area contributed by atoms with Crippen LogP contribution in [0.4, 0.5) is 4.79 Å². The Morgan fingerprint density at radius 3 is 2.72 bits per heavy atom. The predicted octanol–water partition coefficient (Wildman–Crippen LogP) is 1.78. The summed E-state index contributed by atoms with van der Waals surface area (Å²) in [6.07, 6.45) is 0.978. The molecule has 0 aromatic rings. The maximum atomic E-state index is 12.1. The zero-order chi connectivity index (χ0) is 13.8. The van der Waals surface area contributed by atoms with Gasteiger partial charge < -0.3 is 15.3 Å². The first kappa shape index (κ1) is 15.1. The lowest BCUT2D eigenvalue weighted by atomic mass is 10.0. The summed E-state index contributed by atoms with van der Waals surface area (Å²) in [5.41, 5.74) is -0.713. The third kappa shape index (κ3) is 4.76.